The Morgan fingerprint density at radius 3 is 2.78 bits per heavy atom. The van der Waals surface area contributed by atoms with Crippen molar-refractivity contribution in [1.29, 1.82) is 0 Å². The number of amides is 1. The Morgan fingerprint density at radius 2 is 1.93 bits per heavy atom. The van der Waals surface area contributed by atoms with Gasteiger partial charge < -0.3 is 4.90 Å². The fourth-order valence-electron chi connectivity index (χ4n) is 5.52. The maximum absolute atomic E-state index is 13.5. The van der Waals surface area contributed by atoms with Gasteiger partial charge in [0.15, 0.2) is 0 Å². The smallest absolute Gasteiger partial charge is 0.254 e. The molecule has 3 heteroatoms. The summed E-state index contributed by atoms with van der Waals surface area (Å²) in [5.74, 6) is 0.171. The zero-order valence-corrected chi connectivity index (χ0v) is 16.3. The van der Waals surface area contributed by atoms with E-state index < -0.39 is 0 Å². The molecule has 1 amide bonds. The number of hydrogen-bond donors (Lipinski definition) is 0. The van der Waals surface area contributed by atoms with Crippen LogP contribution in [0.3, 0.4) is 0 Å². The number of carbonyl (C=O) groups is 1. The summed E-state index contributed by atoms with van der Waals surface area (Å²) in [6.07, 6.45) is 3.85. The molecule has 0 unspecified atom stereocenters. The van der Waals surface area contributed by atoms with E-state index in [2.05, 4.69) is 54.9 Å². The molecule has 2 bridgehead atoms. The summed E-state index contributed by atoms with van der Waals surface area (Å²) in [4.78, 5) is 20.0. The highest BCUT2D eigenvalue weighted by atomic mass is 16.2. The maximum atomic E-state index is 13.5. The number of piperidine rings is 1. The van der Waals surface area contributed by atoms with Gasteiger partial charge in [0, 0.05) is 29.8 Å². The standard InChI is InChI=1S/C24H26N2O/c1-23(2)21-13-16-6-4-5-7-20(16)24(23,3)10-11-26(21)22(27)17-8-9-18-14-25-15-19(18)12-17/h4-9,12,14,21H,10-11,13,15H2,1-3H3/t21-,24+/m1/s1. The summed E-state index contributed by atoms with van der Waals surface area (Å²) < 4.78 is 0. The lowest BCUT2D eigenvalue weighted by Gasteiger charge is -2.60. The van der Waals surface area contributed by atoms with E-state index in [0.717, 1.165) is 36.1 Å². The van der Waals surface area contributed by atoms with Gasteiger partial charge in [-0.1, -0.05) is 51.1 Å². The van der Waals surface area contributed by atoms with E-state index in [1.165, 1.54) is 11.1 Å². The van der Waals surface area contributed by atoms with Crippen LogP contribution in [-0.4, -0.2) is 29.6 Å². The van der Waals surface area contributed by atoms with E-state index in [9.17, 15) is 4.79 Å². The Balaban J connectivity index is 1.54. The minimum atomic E-state index is 0.0368. The third-order valence-corrected chi connectivity index (χ3v) is 7.65. The molecule has 0 saturated carbocycles. The minimum Gasteiger partial charge on any atom is -0.335 e. The molecule has 2 aromatic rings. The monoisotopic (exact) mass is 358 g/mol. The van der Waals surface area contributed by atoms with Crippen molar-refractivity contribution in [3.8, 4) is 0 Å². The molecule has 1 fully saturated rings. The summed E-state index contributed by atoms with van der Waals surface area (Å²) in [5.41, 5.74) is 6.14. The second-order valence-electron chi connectivity index (χ2n) is 9.06. The first-order valence-corrected chi connectivity index (χ1v) is 9.94. The zero-order chi connectivity index (χ0) is 18.8. The number of benzene rings is 2. The quantitative estimate of drug-likeness (QED) is 0.745. The number of rotatable bonds is 1. The summed E-state index contributed by atoms with van der Waals surface area (Å²) in [6, 6.07) is 15.1. The summed E-state index contributed by atoms with van der Waals surface area (Å²) in [6.45, 7) is 8.61. The topological polar surface area (TPSA) is 32.7 Å². The summed E-state index contributed by atoms with van der Waals surface area (Å²) >= 11 is 0. The molecule has 5 rings (SSSR count). The van der Waals surface area contributed by atoms with Crippen molar-refractivity contribution in [2.45, 2.75) is 51.6 Å². The van der Waals surface area contributed by atoms with Gasteiger partial charge in [-0.05, 0) is 52.6 Å². The SMILES string of the molecule is CC1(C)[C@H]2Cc3ccccc3[C@]1(C)CCN2C(=O)c1ccc2c(c1)CN=C2. The fourth-order valence-corrected chi connectivity index (χ4v) is 5.52. The number of carbonyl (C=O) groups excluding carboxylic acids is 1. The van der Waals surface area contributed by atoms with Crippen LogP contribution < -0.4 is 0 Å². The normalized spacial score (nSPS) is 27.2. The van der Waals surface area contributed by atoms with Crippen LogP contribution in [-0.2, 0) is 18.4 Å². The molecule has 1 aliphatic carbocycles. The second kappa shape index (κ2) is 5.54. The largest absolute Gasteiger partial charge is 0.335 e. The molecule has 2 heterocycles. The number of likely N-dealkylation sites (tertiary alicyclic amines) is 1. The molecule has 0 N–H and O–H groups in total. The van der Waals surface area contributed by atoms with Gasteiger partial charge in [-0.15, -0.1) is 0 Å². The van der Waals surface area contributed by atoms with Crippen LogP contribution in [0.15, 0.2) is 47.5 Å². The van der Waals surface area contributed by atoms with Crippen molar-refractivity contribution in [3.05, 3.63) is 70.3 Å². The van der Waals surface area contributed by atoms with Crippen LogP contribution in [0, 0.1) is 5.41 Å². The van der Waals surface area contributed by atoms with E-state index in [1.807, 2.05) is 24.4 Å². The predicted molar refractivity (Wildman–Crippen MR) is 108 cm³/mol. The van der Waals surface area contributed by atoms with Crippen molar-refractivity contribution in [3.63, 3.8) is 0 Å². The Kier molecular flexibility index (Phi) is 3.43. The van der Waals surface area contributed by atoms with E-state index in [4.69, 9.17) is 0 Å². The van der Waals surface area contributed by atoms with Gasteiger partial charge >= 0.3 is 0 Å². The Labute approximate surface area is 161 Å². The average Bonchev–Trinajstić information content (AvgIpc) is 3.12. The lowest BCUT2D eigenvalue weighted by atomic mass is 9.51. The molecule has 2 atom stereocenters. The average molecular weight is 358 g/mol. The minimum absolute atomic E-state index is 0.0368. The lowest BCUT2D eigenvalue weighted by molar-refractivity contribution is -0.0262. The lowest BCUT2D eigenvalue weighted by Crippen LogP contribution is -2.64. The first kappa shape index (κ1) is 16.7. The molecular weight excluding hydrogens is 332 g/mol. The van der Waals surface area contributed by atoms with Crippen LogP contribution in [0.25, 0.3) is 0 Å². The van der Waals surface area contributed by atoms with Gasteiger partial charge in [-0.3, -0.25) is 9.79 Å². The molecule has 0 aromatic heterocycles. The predicted octanol–water partition coefficient (Wildman–Crippen LogP) is 4.37. The summed E-state index contributed by atoms with van der Waals surface area (Å²) in [7, 11) is 0. The molecule has 0 spiro atoms. The molecule has 0 radical (unpaired) electrons. The molecule has 27 heavy (non-hydrogen) atoms. The molecule has 2 aromatic carbocycles. The van der Waals surface area contributed by atoms with Crippen LogP contribution in [0.1, 0.15) is 59.8 Å². The van der Waals surface area contributed by atoms with Crippen LogP contribution >= 0.6 is 0 Å². The number of fused-ring (bicyclic) bond motifs is 5. The number of nitrogens with zero attached hydrogens (tertiary/aromatic N) is 2. The van der Waals surface area contributed by atoms with Gasteiger partial charge in [0.2, 0.25) is 0 Å². The van der Waals surface area contributed by atoms with Crippen molar-refractivity contribution in [2.75, 3.05) is 6.54 Å². The van der Waals surface area contributed by atoms with Crippen molar-refractivity contribution >= 4 is 12.1 Å². The van der Waals surface area contributed by atoms with Gasteiger partial charge in [-0.25, -0.2) is 0 Å². The highest BCUT2D eigenvalue weighted by molar-refractivity contribution is 5.96. The molecule has 3 aliphatic rings. The Morgan fingerprint density at radius 1 is 1.11 bits per heavy atom. The number of aliphatic imine (C=N–C) groups is 1. The van der Waals surface area contributed by atoms with Crippen molar-refractivity contribution in [1.82, 2.24) is 4.90 Å². The van der Waals surface area contributed by atoms with Gasteiger partial charge in [0.05, 0.1) is 6.54 Å². The highest BCUT2D eigenvalue weighted by Gasteiger charge is 2.56. The molecular formula is C24H26N2O. The third-order valence-electron chi connectivity index (χ3n) is 7.65. The van der Waals surface area contributed by atoms with Crippen molar-refractivity contribution in [2.24, 2.45) is 10.4 Å². The molecule has 2 aliphatic heterocycles. The van der Waals surface area contributed by atoms with Crippen LogP contribution in [0.2, 0.25) is 0 Å². The summed E-state index contributed by atoms with van der Waals surface area (Å²) in [5, 5.41) is 0. The third kappa shape index (κ3) is 2.20. The van der Waals surface area contributed by atoms with Crippen molar-refractivity contribution < 1.29 is 4.79 Å². The van der Waals surface area contributed by atoms with Gasteiger partial charge in [0.1, 0.15) is 0 Å². The van der Waals surface area contributed by atoms with Gasteiger partial charge in [0.25, 0.3) is 5.91 Å². The fraction of sp³-hybridized carbons (Fsp3) is 0.417. The molecule has 138 valence electrons. The Hall–Kier alpha value is -2.42. The number of hydrogen-bond acceptors (Lipinski definition) is 2. The highest BCUT2D eigenvalue weighted by Crippen LogP contribution is 2.56. The first-order valence-electron chi connectivity index (χ1n) is 9.94. The zero-order valence-electron chi connectivity index (χ0n) is 16.3. The first-order chi connectivity index (χ1) is 12.9. The molecule has 1 saturated heterocycles. The maximum Gasteiger partial charge on any atom is 0.254 e. The van der Waals surface area contributed by atoms with E-state index in [-0.39, 0.29) is 22.8 Å². The van der Waals surface area contributed by atoms with Gasteiger partial charge in [-0.2, -0.15) is 0 Å². The van der Waals surface area contributed by atoms with Crippen LogP contribution in [0.4, 0.5) is 0 Å². The van der Waals surface area contributed by atoms with E-state index >= 15 is 0 Å². The van der Waals surface area contributed by atoms with Crippen LogP contribution in [0.5, 0.6) is 0 Å². The molecule has 3 nitrogen and oxygen atoms in total. The van der Waals surface area contributed by atoms with E-state index in [1.54, 1.807) is 0 Å². The Bertz CT molecular complexity index is 974. The second-order valence-corrected chi connectivity index (χ2v) is 9.06. The van der Waals surface area contributed by atoms with E-state index in [0.29, 0.717) is 6.54 Å².